The summed E-state index contributed by atoms with van der Waals surface area (Å²) in [6, 6.07) is 5.45. The van der Waals surface area contributed by atoms with E-state index in [0.29, 0.717) is 25.8 Å². The van der Waals surface area contributed by atoms with Gasteiger partial charge in [-0.1, -0.05) is 6.07 Å². The Morgan fingerprint density at radius 2 is 2.00 bits per heavy atom. The molecular formula is C16H20N4O3. The smallest absolute Gasteiger partial charge is 0.328 e. The van der Waals surface area contributed by atoms with E-state index in [9.17, 15) is 14.4 Å². The van der Waals surface area contributed by atoms with E-state index in [4.69, 9.17) is 0 Å². The van der Waals surface area contributed by atoms with E-state index in [1.54, 1.807) is 23.2 Å². The van der Waals surface area contributed by atoms with Crippen molar-refractivity contribution in [2.45, 2.75) is 25.3 Å². The summed E-state index contributed by atoms with van der Waals surface area (Å²) in [5.74, 6) is -0.204. The summed E-state index contributed by atoms with van der Waals surface area (Å²) in [6.45, 7) is 0.498. The molecule has 0 aliphatic carbocycles. The van der Waals surface area contributed by atoms with Gasteiger partial charge in [-0.05, 0) is 30.5 Å². The second kappa shape index (κ2) is 5.91. The topological polar surface area (TPSA) is 85.1 Å². The van der Waals surface area contributed by atoms with Gasteiger partial charge >= 0.3 is 5.69 Å². The summed E-state index contributed by atoms with van der Waals surface area (Å²) < 4.78 is 3.23. The molecule has 1 unspecified atom stereocenters. The summed E-state index contributed by atoms with van der Waals surface area (Å²) in [6.07, 6.45) is 1.64. The molecule has 0 bridgehead atoms. The predicted octanol–water partition coefficient (Wildman–Crippen LogP) is -0.186. The molecule has 1 aliphatic heterocycles. The summed E-state index contributed by atoms with van der Waals surface area (Å²) in [4.78, 5) is 34.9. The maximum atomic E-state index is 11.9. The molecular weight excluding hydrogens is 296 g/mol. The third-order valence-electron chi connectivity index (χ3n) is 4.36. The Hall–Kier alpha value is -2.57. The van der Waals surface area contributed by atoms with E-state index in [1.807, 2.05) is 18.2 Å². The van der Waals surface area contributed by atoms with Gasteiger partial charge in [0.25, 0.3) is 0 Å². The Morgan fingerprint density at radius 3 is 2.70 bits per heavy atom. The molecule has 0 spiro atoms. The number of benzene rings is 1. The van der Waals surface area contributed by atoms with Crippen LogP contribution in [-0.2, 0) is 30.1 Å². The Kier molecular flexibility index (Phi) is 3.94. The minimum Gasteiger partial charge on any atom is -0.354 e. The Morgan fingerprint density at radius 1 is 1.26 bits per heavy atom. The van der Waals surface area contributed by atoms with Crippen LogP contribution in [0.5, 0.6) is 0 Å². The average Bonchev–Trinajstić information content (AvgIpc) is 3.06. The first kappa shape index (κ1) is 15.3. The summed E-state index contributed by atoms with van der Waals surface area (Å²) >= 11 is 0. The molecule has 7 heteroatoms. The number of hydrogen-bond acceptors (Lipinski definition) is 3. The molecule has 2 heterocycles. The second-order valence-electron chi connectivity index (χ2n) is 5.92. The van der Waals surface area contributed by atoms with Crippen LogP contribution >= 0.6 is 0 Å². The molecule has 2 amide bonds. The van der Waals surface area contributed by atoms with Crippen molar-refractivity contribution in [3.63, 3.8) is 0 Å². The first-order valence-electron chi connectivity index (χ1n) is 7.69. The van der Waals surface area contributed by atoms with Crippen molar-refractivity contribution in [3.05, 3.63) is 34.2 Å². The van der Waals surface area contributed by atoms with Crippen LogP contribution in [0.4, 0.5) is 0 Å². The van der Waals surface area contributed by atoms with Crippen LogP contribution < -0.4 is 16.3 Å². The molecule has 1 aromatic heterocycles. The van der Waals surface area contributed by atoms with Gasteiger partial charge in [-0.15, -0.1) is 0 Å². The highest BCUT2D eigenvalue weighted by atomic mass is 16.2. The zero-order valence-corrected chi connectivity index (χ0v) is 13.3. The fraction of sp³-hybridized carbons (Fsp3) is 0.438. The SMILES string of the molecule is Cn1c(=O)n(C)c2cc(CCNC(=O)C3CCC(=O)N3)ccc21. The summed E-state index contributed by atoms with van der Waals surface area (Å²) in [5.41, 5.74) is 2.76. The van der Waals surface area contributed by atoms with Crippen LogP contribution in [0, 0.1) is 0 Å². The number of nitrogens with zero attached hydrogens (tertiary/aromatic N) is 2. The van der Waals surface area contributed by atoms with Gasteiger partial charge in [-0.25, -0.2) is 4.79 Å². The Balaban J connectivity index is 1.63. The van der Waals surface area contributed by atoms with Gasteiger partial charge < -0.3 is 10.6 Å². The molecule has 122 valence electrons. The molecule has 1 aromatic carbocycles. The minimum absolute atomic E-state index is 0.0533. The van der Waals surface area contributed by atoms with Crippen LogP contribution in [0.1, 0.15) is 18.4 Å². The Labute approximate surface area is 133 Å². The van der Waals surface area contributed by atoms with Crippen LogP contribution in [-0.4, -0.2) is 33.5 Å². The molecule has 1 fully saturated rings. The number of fused-ring (bicyclic) bond motifs is 1. The normalized spacial score (nSPS) is 17.5. The van der Waals surface area contributed by atoms with E-state index < -0.39 is 6.04 Å². The van der Waals surface area contributed by atoms with Gasteiger partial charge in [-0.3, -0.25) is 18.7 Å². The molecule has 2 N–H and O–H groups in total. The molecule has 1 saturated heterocycles. The third-order valence-corrected chi connectivity index (χ3v) is 4.36. The van der Waals surface area contributed by atoms with E-state index in [-0.39, 0.29) is 17.5 Å². The zero-order valence-electron chi connectivity index (χ0n) is 13.3. The number of carbonyl (C=O) groups excluding carboxylic acids is 2. The van der Waals surface area contributed by atoms with Crippen molar-refractivity contribution in [3.8, 4) is 0 Å². The molecule has 1 atom stereocenters. The lowest BCUT2D eigenvalue weighted by molar-refractivity contribution is -0.125. The number of hydrogen-bond donors (Lipinski definition) is 2. The van der Waals surface area contributed by atoms with Crippen LogP contribution in [0.3, 0.4) is 0 Å². The molecule has 0 saturated carbocycles. The maximum Gasteiger partial charge on any atom is 0.328 e. The second-order valence-corrected chi connectivity index (χ2v) is 5.92. The fourth-order valence-electron chi connectivity index (χ4n) is 2.97. The summed E-state index contributed by atoms with van der Waals surface area (Å²) in [7, 11) is 3.50. The molecule has 23 heavy (non-hydrogen) atoms. The van der Waals surface area contributed by atoms with Gasteiger partial charge in [0, 0.05) is 27.1 Å². The number of aryl methyl sites for hydroxylation is 2. The van der Waals surface area contributed by atoms with E-state index in [2.05, 4.69) is 10.6 Å². The monoisotopic (exact) mass is 316 g/mol. The molecule has 7 nitrogen and oxygen atoms in total. The lowest BCUT2D eigenvalue weighted by Crippen LogP contribution is -2.42. The van der Waals surface area contributed by atoms with Gasteiger partial charge in [-0.2, -0.15) is 0 Å². The minimum atomic E-state index is -0.403. The standard InChI is InChI=1S/C16H20N4O3/c1-19-12-5-3-10(9-13(12)20(2)16(19)23)7-8-17-15(22)11-4-6-14(21)18-11/h3,5,9,11H,4,6-8H2,1-2H3,(H,17,22)(H,18,21). The highest BCUT2D eigenvalue weighted by molar-refractivity contribution is 5.90. The van der Waals surface area contributed by atoms with Crippen molar-refractivity contribution in [1.82, 2.24) is 19.8 Å². The van der Waals surface area contributed by atoms with Crippen molar-refractivity contribution < 1.29 is 9.59 Å². The Bertz CT molecular complexity index is 834. The van der Waals surface area contributed by atoms with Gasteiger partial charge in [0.1, 0.15) is 6.04 Å². The van der Waals surface area contributed by atoms with E-state index >= 15 is 0 Å². The van der Waals surface area contributed by atoms with Crippen molar-refractivity contribution in [1.29, 1.82) is 0 Å². The van der Waals surface area contributed by atoms with Crippen molar-refractivity contribution in [2.24, 2.45) is 14.1 Å². The first-order valence-corrected chi connectivity index (χ1v) is 7.69. The number of carbonyl (C=O) groups is 2. The van der Waals surface area contributed by atoms with Crippen LogP contribution in [0.15, 0.2) is 23.0 Å². The predicted molar refractivity (Wildman–Crippen MR) is 86.0 cm³/mol. The van der Waals surface area contributed by atoms with Crippen LogP contribution in [0.25, 0.3) is 11.0 Å². The lowest BCUT2D eigenvalue weighted by atomic mass is 10.1. The third kappa shape index (κ3) is 2.86. The number of imidazole rings is 1. The number of nitrogens with one attached hydrogen (secondary N) is 2. The largest absolute Gasteiger partial charge is 0.354 e. The number of aromatic nitrogens is 2. The summed E-state index contributed by atoms with van der Waals surface area (Å²) in [5, 5.41) is 5.50. The highest BCUT2D eigenvalue weighted by Gasteiger charge is 2.26. The maximum absolute atomic E-state index is 11.9. The first-order chi connectivity index (χ1) is 11.0. The molecule has 2 aromatic rings. The van der Waals surface area contributed by atoms with Gasteiger partial charge in [0.2, 0.25) is 11.8 Å². The molecule has 1 aliphatic rings. The van der Waals surface area contributed by atoms with E-state index in [1.165, 1.54) is 0 Å². The highest BCUT2D eigenvalue weighted by Crippen LogP contribution is 2.14. The molecule has 3 rings (SSSR count). The molecule has 0 radical (unpaired) electrons. The van der Waals surface area contributed by atoms with Gasteiger partial charge in [0.05, 0.1) is 11.0 Å². The number of rotatable bonds is 4. The zero-order chi connectivity index (χ0) is 16.6. The van der Waals surface area contributed by atoms with Crippen LogP contribution in [0.2, 0.25) is 0 Å². The number of amides is 2. The van der Waals surface area contributed by atoms with Crippen molar-refractivity contribution >= 4 is 22.8 Å². The van der Waals surface area contributed by atoms with Crippen molar-refractivity contribution in [2.75, 3.05) is 6.54 Å². The fourth-order valence-corrected chi connectivity index (χ4v) is 2.97. The lowest BCUT2D eigenvalue weighted by Gasteiger charge is -2.11. The average molecular weight is 316 g/mol. The van der Waals surface area contributed by atoms with Gasteiger partial charge in [0.15, 0.2) is 0 Å². The quantitative estimate of drug-likeness (QED) is 0.820. The van der Waals surface area contributed by atoms with E-state index in [0.717, 1.165) is 16.6 Å².